The van der Waals surface area contributed by atoms with Crippen LogP contribution in [0.5, 0.6) is 0 Å². The Labute approximate surface area is 122 Å². The Morgan fingerprint density at radius 2 is 1.90 bits per heavy atom. The van der Waals surface area contributed by atoms with Gasteiger partial charge in [-0.25, -0.2) is 0 Å². The molecule has 2 aromatic carbocycles. The summed E-state index contributed by atoms with van der Waals surface area (Å²) in [5, 5.41) is 1.53. The van der Waals surface area contributed by atoms with Crippen molar-refractivity contribution in [3.05, 3.63) is 59.1 Å². The summed E-state index contributed by atoms with van der Waals surface area (Å²) in [5.74, 6) is 0.123. The molecule has 3 rings (SSSR count). The first kappa shape index (κ1) is 12.9. The Kier molecular flexibility index (Phi) is 3.33. The zero-order chi connectivity index (χ0) is 14.1. The van der Waals surface area contributed by atoms with Gasteiger partial charge in [-0.1, -0.05) is 48.9 Å². The number of nitrogens with one attached hydrogen (secondary N) is 1. The number of ketones is 1. The monoisotopic (exact) mass is 283 g/mol. The van der Waals surface area contributed by atoms with Gasteiger partial charge in [-0.15, -0.1) is 0 Å². The van der Waals surface area contributed by atoms with Crippen LogP contribution in [0, 0.1) is 0 Å². The average molecular weight is 284 g/mol. The number of H-pyrrole nitrogens is 1. The lowest BCUT2D eigenvalue weighted by Gasteiger charge is -2.03. The maximum Gasteiger partial charge on any atom is 0.165 e. The van der Waals surface area contributed by atoms with E-state index in [4.69, 9.17) is 11.6 Å². The molecule has 0 saturated heterocycles. The molecule has 0 atom stereocenters. The summed E-state index contributed by atoms with van der Waals surface area (Å²) in [6, 6.07) is 15.5. The summed E-state index contributed by atoms with van der Waals surface area (Å²) in [7, 11) is 0. The summed E-state index contributed by atoms with van der Waals surface area (Å²) in [6.45, 7) is 1.88. The van der Waals surface area contributed by atoms with Gasteiger partial charge in [-0.05, 0) is 23.8 Å². The highest BCUT2D eigenvalue weighted by molar-refractivity contribution is 6.31. The van der Waals surface area contributed by atoms with Crippen molar-refractivity contribution in [3.63, 3.8) is 0 Å². The van der Waals surface area contributed by atoms with E-state index in [9.17, 15) is 4.79 Å². The Balaban J connectivity index is 2.34. The van der Waals surface area contributed by atoms with Gasteiger partial charge in [-0.3, -0.25) is 4.79 Å². The number of fused-ring (bicyclic) bond motifs is 1. The van der Waals surface area contributed by atoms with E-state index < -0.39 is 0 Å². The van der Waals surface area contributed by atoms with Gasteiger partial charge >= 0.3 is 0 Å². The predicted molar refractivity (Wildman–Crippen MR) is 83.4 cm³/mol. The van der Waals surface area contributed by atoms with Crippen LogP contribution in [0.4, 0.5) is 0 Å². The summed E-state index contributed by atoms with van der Waals surface area (Å²) in [5.41, 5.74) is 3.55. The number of carbonyl (C=O) groups excluding carboxylic acids is 1. The van der Waals surface area contributed by atoms with Crippen molar-refractivity contribution in [1.82, 2.24) is 4.98 Å². The minimum absolute atomic E-state index is 0.123. The van der Waals surface area contributed by atoms with E-state index >= 15 is 0 Å². The molecule has 1 heterocycles. The number of Topliss-reactive ketones (excluding diaryl/α,β-unsaturated/α-hetero) is 1. The van der Waals surface area contributed by atoms with Gasteiger partial charge in [0.25, 0.3) is 0 Å². The van der Waals surface area contributed by atoms with Crippen LogP contribution < -0.4 is 0 Å². The lowest BCUT2D eigenvalue weighted by atomic mass is 10.0. The molecular formula is C17H14ClNO. The maximum atomic E-state index is 12.3. The number of aromatic nitrogens is 1. The molecule has 0 saturated carbocycles. The number of hydrogen-bond donors (Lipinski definition) is 1. The number of benzene rings is 2. The Morgan fingerprint density at radius 1 is 1.15 bits per heavy atom. The molecule has 3 heteroatoms. The minimum atomic E-state index is 0.123. The third kappa shape index (κ3) is 2.12. The van der Waals surface area contributed by atoms with E-state index in [-0.39, 0.29) is 5.78 Å². The fourth-order valence-corrected chi connectivity index (χ4v) is 2.62. The van der Waals surface area contributed by atoms with Crippen LogP contribution in [0.1, 0.15) is 23.7 Å². The van der Waals surface area contributed by atoms with Crippen LogP contribution >= 0.6 is 11.6 Å². The number of carbonyl (C=O) groups is 1. The molecule has 20 heavy (non-hydrogen) atoms. The lowest BCUT2D eigenvalue weighted by Crippen LogP contribution is -1.98. The molecule has 0 bridgehead atoms. The smallest absolute Gasteiger partial charge is 0.165 e. The van der Waals surface area contributed by atoms with Crippen molar-refractivity contribution in [2.75, 3.05) is 0 Å². The van der Waals surface area contributed by atoms with Gasteiger partial charge in [0.15, 0.2) is 5.78 Å². The van der Waals surface area contributed by atoms with Gasteiger partial charge < -0.3 is 4.98 Å². The van der Waals surface area contributed by atoms with E-state index in [0.717, 1.165) is 27.7 Å². The summed E-state index contributed by atoms with van der Waals surface area (Å²) in [4.78, 5) is 15.7. The first-order chi connectivity index (χ1) is 9.70. The second-order valence-corrected chi connectivity index (χ2v) is 5.14. The molecule has 2 nitrogen and oxygen atoms in total. The van der Waals surface area contributed by atoms with Gasteiger partial charge in [0.1, 0.15) is 0 Å². The van der Waals surface area contributed by atoms with Crippen LogP contribution in [-0.2, 0) is 0 Å². The zero-order valence-corrected chi connectivity index (χ0v) is 11.9. The quantitative estimate of drug-likeness (QED) is 0.668. The molecule has 0 unspecified atom stereocenters. The van der Waals surface area contributed by atoms with Crippen molar-refractivity contribution in [2.45, 2.75) is 13.3 Å². The maximum absolute atomic E-state index is 12.3. The largest absolute Gasteiger partial charge is 0.354 e. The average Bonchev–Trinajstić information content (AvgIpc) is 2.86. The Bertz CT molecular complexity index is 774. The summed E-state index contributed by atoms with van der Waals surface area (Å²) in [6.07, 6.45) is 0.472. The van der Waals surface area contributed by atoms with Crippen molar-refractivity contribution >= 4 is 28.3 Å². The van der Waals surface area contributed by atoms with E-state index in [1.165, 1.54) is 0 Å². The van der Waals surface area contributed by atoms with Crippen molar-refractivity contribution in [3.8, 4) is 11.3 Å². The molecule has 0 amide bonds. The van der Waals surface area contributed by atoms with Gasteiger partial charge in [0.2, 0.25) is 0 Å². The Hall–Kier alpha value is -2.06. The minimum Gasteiger partial charge on any atom is -0.354 e. The lowest BCUT2D eigenvalue weighted by molar-refractivity contribution is 0.0990. The van der Waals surface area contributed by atoms with Crippen LogP contribution in [0.2, 0.25) is 5.02 Å². The molecule has 0 fully saturated rings. The Morgan fingerprint density at radius 3 is 2.60 bits per heavy atom. The number of rotatable bonds is 3. The molecule has 1 N–H and O–H groups in total. The first-order valence-corrected chi connectivity index (χ1v) is 6.98. The summed E-state index contributed by atoms with van der Waals surface area (Å²) >= 11 is 6.07. The predicted octanol–water partition coefficient (Wildman–Crippen LogP) is 5.08. The zero-order valence-electron chi connectivity index (χ0n) is 11.1. The third-order valence-corrected chi connectivity index (χ3v) is 3.66. The number of aromatic amines is 1. The third-order valence-electron chi connectivity index (χ3n) is 3.42. The van der Waals surface area contributed by atoms with Crippen LogP contribution in [-0.4, -0.2) is 10.8 Å². The molecule has 3 aromatic rings. The van der Waals surface area contributed by atoms with E-state index in [2.05, 4.69) is 4.98 Å². The second kappa shape index (κ2) is 5.14. The van der Waals surface area contributed by atoms with Gasteiger partial charge in [0, 0.05) is 22.3 Å². The van der Waals surface area contributed by atoms with Gasteiger partial charge in [-0.2, -0.15) is 0 Å². The fourth-order valence-electron chi connectivity index (χ4n) is 2.45. The highest BCUT2D eigenvalue weighted by Gasteiger charge is 2.18. The van der Waals surface area contributed by atoms with Gasteiger partial charge in [0.05, 0.1) is 11.3 Å². The molecule has 0 spiro atoms. The summed E-state index contributed by atoms with van der Waals surface area (Å²) < 4.78 is 0. The molecular weight excluding hydrogens is 270 g/mol. The highest BCUT2D eigenvalue weighted by atomic mass is 35.5. The standard InChI is InChI=1S/C17H14ClNO/c1-2-15(20)16-13-10-12(18)8-9-14(13)19-17(16)11-6-4-3-5-7-11/h3-10,19H,2H2,1H3. The second-order valence-electron chi connectivity index (χ2n) is 4.71. The van der Waals surface area contributed by atoms with Crippen molar-refractivity contribution in [1.29, 1.82) is 0 Å². The fraction of sp³-hybridized carbons (Fsp3) is 0.118. The molecule has 0 radical (unpaired) electrons. The van der Waals surface area contributed by atoms with Crippen molar-refractivity contribution in [2.24, 2.45) is 0 Å². The van der Waals surface area contributed by atoms with E-state index in [1.54, 1.807) is 0 Å². The van der Waals surface area contributed by atoms with E-state index in [0.29, 0.717) is 11.4 Å². The van der Waals surface area contributed by atoms with Crippen LogP contribution in [0.3, 0.4) is 0 Å². The molecule has 0 aliphatic carbocycles. The van der Waals surface area contributed by atoms with Crippen LogP contribution in [0.25, 0.3) is 22.2 Å². The number of halogens is 1. The first-order valence-electron chi connectivity index (χ1n) is 6.60. The molecule has 100 valence electrons. The SMILES string of the molecule is CCC(=O)c1c(-c2ccccc2)[nH]c2ccc(Cl)cc12. The topological polar surface area (TPSA) is 32.9 Å². The normalized spacial score (nSPS) is 10.9. The van der Waals surface area contributed by atoms with Crippen LogP contribution in [0.15, 0.2) is 48.5 Å². The van der Waals surface area contributed by atoms with Crippen molar-refractivity contribution < 1.29 is 4.79 Å². The number of hydrogen-bond acceptors (Lipinski definition) is 1. The molecule has 1 aromatic heterocycles. The molecule has 0 aliphatic heterocycles. The molecule has 0 aliphatic rings. The van der Waals surface area contributed by atoms with E-state index in [1.807, 2.05) is 55.5 Å². The highest BCUT2D eigenvalue weighted by Crippen LogP contribution is 2.32.